The van der Waals surface area contributed by atoms with Crippen LogP contribution in [0.5, 0.6) is 0 Å². The largest absolute Gasteiger partial charge is 0.743 e. The molecule has 12 fully saturated rings. The van der Waals surface area contributed by atoms with Crippen molar-refractivity contribution in [3.8, 4) is 0 Å². The van der Waals surface area contributed by atoms with Gasteiger partial charge in [-0.1, -0.05) is 164 Å². The predicted octanol–water partition coefficient (Wildman–Crippen LogP) is 19.8. The molecule has 6 unspecified atom stereocenters. The molecular formula is C95H97F7O17S6. The van der Waals surface area contributed by atoms with Crippen molar-refractivity contribution in [2.24, 2.45) is 57.7 Å². The van der Waals surface area contributed by atoms with E-state index in [0.717, 1.165) is 44.9 Å². The van der Waals surface area contributed by atoms with Crippen LogP contribution in [-0.2, 0) is 101 Å². The van der Waals surface area contributed by atoms with Crippen molar-refractivity contribution in [3.63, 3.8) is 0 Å². The molecule has 6 atom stereocenters. The molecule has 2 heterocycles. The Kier molecular flexibility index (Phi) is 29.0. The number of fused-ring (bicyclic) bond motifs is 1. The lowest BCUT2D eigenvalue weighted by Gasteiger charge is -2.61. The van der Waals surface area contributed by atoms with Crippen LogP contribution >= 0.6 is 0 Å². The highest BCUT2D eigenvalue weighted by molar-refractivity contribution is 7.97. The number of halogens is 7. The molecule has 125 heavy (non-hydrogen) atoms. The Morgan fingerprint density at radius 1 is 0.360 bits per heavy atom. The monoisotopic (exact) mass is 1830 g/mol. The number of esters is 4. The second kappa shape index (κ2) is 38.6. The molecule has 2 saturated heterocycles. The summed E-state index contributed by atoms with van der Waals surface area (Å²) in [7, 11) is -18.4. The molecular weight excluding hydrogens is 1740 g/mol. The Morgan fingerprint density at radius 2 is 0.616 bits per heavy atom. The van der Waals surface area contributed by atoms with Crippen molar-refractivity contribution in [2.75, 3.05) is 13.2 Å². The van der Waals surface area contributed by atoms with Gasteiger partial charge in [-0.3, -0.25) is 4.79 Å². The van der Waals surface area contributed by atoms with Gasteiger partial charge in [0.1, 0.15) is 17.4 Å². The van der Waals surface area contributed by atoms with E-state index in [1.54, 1.807) is 13.8 Å². The van der Waals surface area contributed by atoms with E-state index in [1.165, 1.54) is 44.1 Å². The Bertz CT molecular complexity index is 4910. The van der Waals surface area contributed by atoms with E-state index in [2.05, 4.69) is 282 Å². The topological polar surface area (TPSA) is 277 Å². The van der Waals surface area contributed by atoms with Crippen molar-refractivity contribution < 1.29 is 108 Å². The van der Waals surface area contributed by atoms with Crippen LogP contribution in [0.2, 0.25) is 0 Å². The normalized spacial score (nSPS) is 25.5. The summed E-state index contributed by atoms with van der Waals surface area (Å²) in [5.74, 6) is -5.65. The molecule has 0 aromatic heterocycles. The minimum atomic E-state index is -6.13. The average Bonchev–Trinajstić information content (AvgIpc) is 1.30. The second-order valence-electron chi connectivity index (χ2n) is 34.7. The van der Waals surface area contributed by atoms with Crippen LogP contribution in [0.1, 0.15) is 123 Å². The SMILES string of the molecule is CC(C)(OC(=O)C(F)(F)S(=O)(=O)[O-])C12CC3CC(CC(C3)C1)C2.O=C(OCC12CC3CC(CC(F)(C3)C1)C2)C(F)(F)S(=O)(=O)[O-].O=C1OC2CC3CC1CC(COC(=O)C(F)(F)S(=O)(=O)[O-])(C3)C2.c1ccc([S+](c2ccccc2)c2ccccc2)cc1.c1ccc([S+](c2ccccc2)c2ccccc2)cc1.c1ccc([S+](c2ccccc2)c2ccccc2)cc1. The fraction of sp³-hybridized carbons (Fsp3) is 0.389. The number of hydrogen-bond acceptors (Lipinski definition) is 17. The average molecular weight is 1840 g/mol. The summed E-state index contributed by atoms with van der Waals surface area (Å²) in [6.45, 7) is 2.21. The second-order valence-corrected chi connectivity index (χ2v) is 45.1. The molecule has 664 valence electrons. The summed E-state index contributed by atoms with van der Waals surface area (Å²) in [5.41, 5.74) is -4.36. The van der Waals surface area contributed by atoms with Gasteiger partial charge in [0, 0.05) is 16.2 Å². The maximum Gasteiger partial charge on any atom is 0.428 e. The molecule has 21 rings (SSSR count). The third kappa shape index (κ3) is 22.1. The van der Waals surface area contributed by atoms with E-state index >= 15 is 0 Å². The zero-order valence-corrected chi connectivity index (χ0v) is 73.5. The summed E-state index contributed by atoms with van der Waals surface area (Å²) in [6, 6.07) is 96.5. The number of rotatable bonds is 21. The summed E-state index contributed by atoms with van der Waals surface area (Å²) in [4.78, 5) is 58.3. The van der Waals surface area contributed by atoms with Crippen LogP contribution in [0.15, 0.2) is 317 Å². The highest BCUT2D eigenvalue weighted by atomic mass is 32.2. The lowest BCUT2D eigenvalue weighted by atomic mass is 9.46. The first-order valence-corrected chi connectivity index (χ1v) is 49.2. The maximum atomic E-state index is 14.6. The number of carbonyl (C=O) groups is 4. The third-order valence-electron chi connectivity index (χ3n) is 25.2. The molecule has 2 aliphatic heterocycles. The van der Waals surface area contributed by atoms with Crippen LogP contribution in [-0.4, -0.2) is 109 Å². The first-order valence-electron chi connectivity index (χ1n) is 41.3. The quantitative estimate of drug-likeness (QED) is 0.0212. The Morgan fingerprint density at radius 3 is 0.896 bits per heavy atom. The molecule has 30 heteroatoms. The van der Waals surface area contributed by atoms with E-state index in [0.29, 0.717) is 75.5 Å². The van der Waals surface area contributed by atoms with E-state index in [1.807, 2.05) is 0 Å². The van der Waals surface area contributed by atoms with Crippen LogP contribution < -0.4 is 0 Å². The van der Waals surface area contributed by atoms with E-state index < -0.39 is 105 Å². The third-order valence-corrected chi connectivity index (χ3v) is 34.2. The number of ether oxygens (including phenoxy) is 4. The van der Waals surface area contributed by atoms with Gasteiger partial charge in [0.15, 0.2) is 74.4 Å². The number of benzene rings is 9. The van der Waals surface area contributed by atoms with E-state index in [4.69, 9.17) is 9.47 Å². The lowest BCUT2D eigenvalue weighted by molar-refractivity contribution is -0.210. The molecule has 10 aliphatic carbocycles. The number of alkyl halides is 7. The van der Waals surface area contributed by atoms with Gasteiger partial charge in [0.25, 0.3) is 0 Å². The van der Waals surface area contributed by atoms with Gasteiger partial charge >= 0.3 is 39.6 Å². The first-order chi connectivity index (χ1) is 59.2. The summed E-state index contributed by atoms with van der Waals surface area (Å²) >= 11 is 0. The summed E-state index contributed by atoms with van der Waals surface area (Å²) in [6.07, 6.45) is 11.2. The van der Waals surface area contributed by atoms with Gasteiger partial charge in [0.2, 0.25) is 0 Å². The van der Waals surface area contributed by atoms with Crippen molar-refractivity contribution in [3.05, 3.63) is 273 Å². The van der Waals surface area contributed by atoms with Crippen molar-refractivity contribution in [2.45, 2.75) is 200 Å². The fourth-order valence-corrected chi connectivity index (χ4v) is 27.8. The fourth-order valence-electron chi connectivity index (χ4n) is 20.7. The van der Waals surface area contributed by atoms with Gasteiger partial charge < -0.3 is 32.6 Å². The zero-order valence-electron chi connectivity index (χ0n) is 68.6. The highest BCUT2D eigenvalue weighted by Gasteiger charge is 2.63. The smallest absolute Gasteiger partial charge is 0.428 e. The zero-order chi connectivity index (χ0) is 89.4. The van der Waals surface area contributed by atoms with Crippen LogP contribution in [0.3, 0.4) is 0 Å². The highest BCUT2D eigenvalue weighted by Crippen LogP contribution is 2.66. The molecule has 12 aliphatic rings. The maximum absolute atomic E-state index is 14.6. The molecule has 12 bridgehead atoms. The first kappa shape index (κ1) is 93.8. The Balaban J connectivity index is 0.000000129. The van der Waals surface area contributed by atoms with Crippen LogP contribution in [0.4, 0.5) is 30.7 Å². The number of carbonyl (C=O) groups excluding carboxylic acids is 4. The van der Waals surface area contributed by atoms with Crippen LogP contribution in [0, 0.1) is 57.7 Å². The van der Waals surface area contributed by atoms with Gasteiger partial charge in [-0.2, -0.15) is 26.3 Å². The molecule has 10 saturated carbocycles. The van der Waals surface area contributed by atoms with Gasteiger partial charge in [-0.05, 0) is 268 Å². The van der Waals surface area contributed by atoms with Gasteiger partial charge in [-0.15, -0.1) is 0 Å². The molecule has 0 radical (unpaired) electrons. The molecule has 0 spiro atoms. The molecule has 9 aromatic rings. The van der Waals surface area contributed by atoms with Gasteiger partial charge in [0.05, 0.1) is 51.8 Å². The molecule has 0 N–H and O–H groups in total. The van der Waals surface area contributed by atoms with Crippen LogP contribution in [0.25, 0.3) is 0 Å². The Hall–Kier alpha value is -8.85. The molecule has 17 nitrogen and oxygen atoms in total. The number of hydrogen-bond donors (Lipinski definition) is 0. The summed E-state index contributed by atoms with van der Waals surface area (Å²) < 4.78 is 208. The predicted molar refractivity (Wildman–Crippen MR) is 454 cm³/mol. The molecule has 9 aromatic carbocycles. The summed E-state index contributed by atoms with van der Waals surface area (Å²) in [5, 5.41) is -15.3. The Labute approximate surface area is 733 Å². The van der Waals surface area contributed by atoms with E-state index in [-0.39, 0.29) is 74.9 Å². The molecule has 0 amide bonds. The van der Waals surface area contributed by atoms with Gasteiger partial charge in [-0.25, -0.2) is 44.0 Å². The lowest BCUT2D eigenvalue weighted by Crippen LogP contribution is -2.58. The van der Waals surface area contributed by atoms with Crippen molar-refractivity contribution in [1.29, 1.82) is 0 Å². The van der Waals surface area contributed by atoms with Crippen molar-refractivity contribution >= 4 is 86.9 Å². The minimum Gasteiger partial charge on any atom is -0.743 e. The standard InChI is InChI=1S/3C18H15S.C15H22F2O5S.C13H17F3O5S.C13H16F2O7S/c3*1-4-10-16(11-5-1)19(17-12-6-2-7-13-17)18-14-8-3-9-15-18;1-13(2,22-12(18)15(16,17)23(19,20)21)14-6-9-3-10(7-14)5-11(4-9)8-14;14-12-4-8-1-9(5-12)3-11(2-8,6-12)7-21-10(17)13(15,16)22(18,19)20;14-13(15,23(18,19)20)11(17)21-6-12-3-7-1-8(4-12)10(16)22-9(2-7)5-12/h3*1-15H;9-11H,3-8H2,1-2H3,(H,19,20,21);8-9H,1-7H2,(H,18,19,20);7-9H,1-6H2,(H,18,19,20)/q3*+1;;;/p-3. The minimum absolute atomic E-state index is 0.0146. The van der Waals surface area contributed by atoms with E-state index in [9.17, 15) is 88.8 Å². The van der Waals surface area contributed by atoms with Crippen molar-refractivity contribution in [1.82, 2.24) is 0 Å².